The summed E-state index contributed by atoms with van der Waals surface area (Å²) in [5, 5.41) is 0.639. The van der Waals surface area contributed by atoms with E-state index in [1.54, 1.807) is 0 Å². The first-order valence-electron chi connectivity index (χ1n) is 5.87. The van der Waals surface area contributed by atoms with Crippen molar-refractivity contribution in [2.45, 2.75) is 52.0 Å². The normalized spacial score (nSPS) is 11.8. The molecule has 1 aromatic rings. The van der Waals surface area contributed by atoms with Gasteiger partial charge in [-0.25, -0.2) is 0 Å². The van der Waals surface area contributed by atoms with Gasteiger partial charge in [-0.15, -0.1) is 0 Å². The molecule has 0 aromatic carbocycles. The number of nitrogens with two attached hydrogens (primary N) is 1. The second-order valence-corrected chi connectivity index (χ2v) is 4.80. The predicted molar refractivity (Wildman–Crippen MR) is 66.9 cm³/mol. The maximum atomic E-state index is 6.14. The molecule has 4 nitrogen and oxygen atoms in total. The van der Waals surface area contributed by atoms with E-state index in [2.05, 4.69) is 30.1 Å². The first kappa shape index (κ1) is 13.4. The fraction of sp³-hybridized carbons (Fsp3) is 0.818. The summed E-state index contributed by atoms with van der Waals surface area (Å²) in [6.07, 6.45) is 3.78. The monoisotopic (exact) mass is 243 g/mol. The first-order valence-corrected chi connectivity index (χ1v) is 6.65. The van der Waals surface area contributed by atoms with Crippen molar-refractivity contribution in [1.82, 2.24) is 9.36 Å². The molecule has 0 aliphatic heterocycles. The van der Waals surface area contributed by atoms with Crippen LogP contribution in [0, 0.1) is 0 Å². The van der Waals surface area contributed by atoms with E-state index in [0.717, 1.165) is 31.5 Å². The van der Waals surface area contributed by atoms with Crippen LogP contribution in [0.4, 0.5) is 0 Å². The molecule has 0 radical (unpaired) electrons. The van der Waals surface area contributed by atoms with E-state index in [1.165, 1.54) is 11.5 Å². The van der Waals surface area contributed by atoms with Gasteiger partial charge in [0.2, 0.25) is 0 Å². The summed E-state index contributed by atoms with van der Waals surface area (Å²) < 4.78 is 9.82. The van der Waals surface area contributed by atoms with Gasteiger partial charge in [0, 0.05) is 23.5 Å². The molecule has 5 heteroatoms. The van der Waals surface area contributed by atoms with Gasteiger partial charge in [-0.05, 0) is 19.3 Å². The lowest BCUT2D eigenvalue weighted by atomic mass is 9.96. The van der Waals surface area contributed by atoms with Gasteiger partial charge in [-0.3, -0.25) is 0 Å². The van der Waals surface area contributed by atoms with E-state index in [9.17, 15) is 0 Å². The van der Waals surface area contributed by atoms with Gasteiger partial charge < -0.3 is 10.5 Å². The van der Waals surface area contributed by atoms with Gasteiger partial charge in [0.15, 0.2) is 0 Å². The molecule has 92 valence electrons. The lowest BCUT2D eigenvalue weighted by Gasteiger charge is -2.25. The molecule has 0 spiro atoms. The molecule has 1 rings (SSSR count). The number of rotatable bonds is 7. The number of hydrogen-bond donors (Lipinski definition) is 1. The Kier molecular flexibility index (Phi) is 5.15. The van der Waals surface area contributed by atoms with Crippen molar-refractivity contribution in [1.29, 1.82) is 0 Å². The summed E-state index contributed by atoms with van der Waals surface area (Å²) in [5.74, 6) is 0.873. The summed E-state index contributed by atoms with van der Waals surface area (Å²) >= 11 is 1.31. The van der Waals surface area contributed by atoms with Crippen LogP contribution in [-0.4, -0.2) is 21.5 Å². The molecule has 16 heavy (non-hydrogen) atoms. The Labute approximate surface area is 101 Å². The van der Waals surface area contributed by atoms with Crippen LogP contribution in [0.25, 0.3) is 0 Å². The van der Waals surface area contributed by atoms with Crippen molar-refractivity contribution < 1.29 is 4.74 Å². The van der Waals surface area contributed by atoms with Gasteiger partial charge in [0.25, 0.3) is 5.19 Å². The molecule has 0 fully saturated rings. The first-order chi connectivity index (χ1) is 7.63. The fourth-order valence-electron chi connectivity index (χ4n) is 1.28. The molecule has 2 N–H and O–H groups in total. The quantitative estimate of drug-likeness (QED) is 0.798. The topological polar surface area (TPSA) is 61.0 Å². The molecule has 0 amide bonds. The predicted octanol–water partition coefficient (Wildman–Crippen LogP) is 2.39. The zero-order chi connectivity index (χ0) is 12.0. The van der Waals surface area contributed by atoms with Crippen LogP contribution in [0.5, 0.6) is 5.19 Å². The Hall–Kier alpha value is -0.680. The Morgan fingerprint density at radius 2 is 2.00 bits per heavy atom. The standard InChI is InChI=1S/C11H21N3OS/c1-4-7-9-13-10(16-14-9)15-8-11(12,5-2)6-3/h4-8,12H2,1-3H3. The highest BCUT2D eigenvalue weighted by Gasteiger charge is 2.21. The third-order valence-corrected chi connectivity index (χ3v) is 3.48. The van der Waals surface area contributed by atoms with Crippen LogP contribution in [0.15, 0.2) is 0 Å². The number of nitrogens with zero attached hydrogens (tertiary/aromatic N) is 2. The van der Waals surface area contributed by atoms with E-state index >= 15 is 0 Å². The van der Waals surface area contributed by atoms with Crippen molar-refractivity contribution in [2.75, 3.05) is 6.61 Å². The molecular weight excluding hydrogens is 222 g/mol. The van der Waals surface area contributed by atoms with Gasteiger partial charge >= 0.3 is 0 Å². The number of ether oxygens (including phenoxy) is 1. The van der Waals surface area contributed by atoms with Crippen LogP contribution in [-0.2, 0) is 6.42 Å². The molecule has 0 atom stereocenters. The summed E-state index contributed by atoms with van der Waals surface area (Å²) in [7, 11) is 0. The van der Waals surface area contributed by atoms with Crippen molar-refractivity contribution in [2.24, 2.45) is 5.73 Å². The van der Waals surface area contributed by atoms with E-state index in [4.69, 9.17) is 10.5 Å². The van der Waals surface area contributed by atoms with Crippen LogP contribution < -0.4 is 10.5 Å². The van der Waals surface area contributed by atoms with Gasteiger partial charge in [-0.2, -0.15) is 9.36 Å². The van der Waals surface area contributed by atoms with Gasteiger partial charge in [-0.1, -0.05) is 20.8 Å². The number of aromatic nitrogens is 2. The molecule has 1 aromatic heterocycles. The Morgan fingerprint density at radius 3 is 2.56 bits per heavy atom. The summed E-state index contributed by atoms with van der Waals surface area (Å²) in [6.45, 7) is 6.78. The largest absolute Gasteiger partial charge is 0.467 e. The van der Waals surface area contributed by atoms with Crippen molar-refractivity contribution in [3.63, 3.8) is 0 Å². The molecule has 0 saturated heterocycles. The minimum atomic E-state index is -0.239. The maximum Gasteiger partial charge on any atom is 0.293 e. The minimum Gasteiger partial charge on any atom is -0.467 e. The Bertz CT molecular complexity index is 310. The van der Waals surface area contributed by atoms with Crippen molar-refractivity contribution in [3.8, 4) is 5.19 Å². The van der Waals surface area contributed by atoms with E-state index in [0.29, 0.717) is 11.8 Å². The summed E-state index contributed by atoms with van der Waals surface area (Å²) in [6, 6.07) is 0. The molecule has 0 aliphatic carbocycles. The van der Waals surface area contributed by atoms with E-state index in [1.807, 2.05) is 0 Å². The minimum absolute atomic E-state index is 0.239. The average Bonchev–Trinajstić information content (AvgIpc) is 2.74. The second-order valence-electron chi connectivity index (χ2n) is 4.08. The molecular formula is C11H21N3OS. The third kappa shape index (κ3) is 3.72. The smallest absolute Gasteiger partial charge is 0.293 e. The molecule has 0 unspecified atom stereocenters. The van der Waals surface area contributed by atoms with Crippen LogP contribution in [0.1, 0.15) is 45.9 Å². The van der Waals surface area contributed by atoms with Crippen molar-refractivity contribution >= 4 is 11.5 Å². The van der Waals surface area contributed by atoms with Crippen molar-refractivity contribution in [3.05, 3.63) is 5.82 Å². The fourth-order valence-corrected chi connectivity index (χ4v) is 1.85. The maximum absolute atomic E-state index is 6.14. The summed E-state index contributed by atoms with van der Waals surface area (Å²) in [5.41, 5.74) is 5.90. The molecule has 0 bridgehead atoms. The highest BCUT2D eigenvalue weighted by Crippen LogP contribution is 2.18. The van der Waals surface area contributed by atoms with Crippen LogP contribution in [0.2, 0.25) is 0 Å². The number of hydrogen-bond acceptors (Lipinski definition) is 5. The van der Waals surface area contributed by atoms with E-state index in [-0.39, 0.29) is 5.54 Å². The SMILES string of the molecule is CCCc1nsc(OCC(N)(CC)CC)n1. The molecule has 1 heterocycles. The lowest BCUT2D eigenvalue weighted by Crippen LogP contribution is -2.44. The van der Waals surface area contributed by atoms with Crippen LogP contribution in [0.3, 0.4) is 0 Å². The molecule has 0 saturated carbocycles. The zero-order valence-electron chi connectivity index (χ0n) is 10.3. The molecule has 0 aliphatic rings. The Morgan fingerprint density at radius 1 is 1.31 bits per heavy atom. The lowest BCUT2D eigenvalue weighted by molar-refractivity contribution is 0.206. The van der Waals surface area contributed by atoms with E-state index < -0.39 is 0 Å². The van der Waals surface area contributed by atoms with Gasteiger partial charge in [0.1, 0.15) is 12.4 Å². The van der Waals surface area contributed by atoms with Crippen LogP contribution >= 0.6 is 11.5 Å². The Balaban J connectivity index is 2.47. The highest BCUT2D eigenvalue weighted by molar-refractivity contribution is 7.07. The highest BCUT2D eigenvalue weighted by atomic mass is 32.1. The average molecular weight is 243 g/mol. The second kappa shape index (κ2) is 6.15. The summed E-state index contributed by atoms with van der Waals surface area (Å²) in [4.78, 5) is 4.30. The number of aryl methyl sites for hydroxylation is 1. The zero-order valence-corrected chi connectivity index (χ0v) is 11.1. The van der Waals surface area contributed by atoms with Gasteiger partial charge in [0.05, 0.1) is 0 Å². The third-order valence-electron chi connectivity index (χ3n) is 2.81.